The SMILES string of the molecule is Nc1cc2c(cc1C(=O)N1CCOC3CCCC31)OCO2. The fourth-order valence-electron chi connectivity index (χ4n) is 3.48. The van der Waals surface area contributed by atoms with E-state index in [9.17, 15) is 4.79 Å². The number of fused-ring (bicyclic) bond motifs is 2. The first-order valence-corrected chi connectivity index (χ1v) is 7.36. The van der Waals surface area contributed by atoms with Gasteiger partial charge in [-0.1, -0.05) is 0 Å². The summed E-state index contributed by atoms with van der Waals surface area (Å²) in [6.45, 7) is 1.39. The first-order chi connectivity index (χ1) is 10.2. The number of nitrogens with two attached hydrogens (primary N) is 1. The van der Waals surface area contributed by atoms with Gasteiger partial charge < -0.3 is 24.8 Å². The Labute approximate surface area is 122 Å². The highest BCUT2D eigenvalue weighted by molar-refractivity contribution is 6.00. The Morgan fingerprint density at radius 1 is 1.24 bits per heavy atom. The molecule has 4 rings (SSSR count). The summed E-state index contributed by atoms with van der Waals surface area (Å²) in [7, 11) is 0. The van der Waals surface area contributed by atoms with Gasteiger partial charge in [-0.3, -0.25) is 4.79 Å². The number of morpholine rings is 1. The van der Waals surface area contributed by atoms with Gasteiger partial charge in [-0.05, 0) is 25.3 Å². The predicted octanol–water partition coefficient (Wildman–Crippen LogP) is 1.39. The van der Waals surface area contributed by atoms with Gasteiger partial charge >= 0.3 is 0 Å². The zero-order valence-corrected chi connectivity index (χ0v) is 11.7. The lowest BCUT2D eigenvalue weighted by Crippen LogP contribution is -2.51. The molecule has 21 heavy (non-hydrogen) atoms. The van der Waals surface area contributed by atoms with Gasteiger partial charge in [0.15, 0.2) is 11.5 Å². The van der Waals surface area contributed by atoms with Crippen LogP contribution in [0, 0.1) is 0 Å². The Balaban J connectivity index is 1.65. The molecule has 0 radical (unpaired) electrons. The molecule has 3 aliphatic rings. The molecule has 2 unspecified atom stereocenters. The molecule has 2 aliphatic heterocycles. The van der Waals surface area contributed by atoms with Crippen molar-refractivity contribution in [1.82, 2.24) is 4.90 Å². The molecule has 0 spiro atoms. The Hall–Kier alpha value is -1.95. The van der Waals surface area contributed by atoms with Crippen molar-refractivity contribution in [3.05, 3.63) is 17.7 Å². The van der Waals surface area contributed by atoms with Crippen LogP contribution < -0.4 is 15.2 Å². The Morgan fingerprint density at radius 3 is 2.90 bits per heavy atom. The van der Waals surface area contributed by atoms with Crippen molar-refractivity contribution >= 4 is 11.6 Å². The van der Waals surface area contributed by atoms with E-state index >= 15 is 0 Å². The second kappa shape index (κ2) is 4.80. The molecule has 2 fully saturated rings. The molecule has 2 atom stereocenters. The molecule has 0 aromatic heterocycles. The van der Waals surface area contributed by atoms with E-state index in [0.717, 1.165) is 19.3 Å². The Morgan fingerprint density at radius 2 is 2.05 bits per heavy atom. The molecule has 2 N–H and O–H groups in total. The van der Waals surface area contributed by atoms with Crippen molar-refractivity contribution in [2.45, 2.75) is 31.4 Å². The highest BCUT2D eigenvalue weighted by atomic mass is 16.7. The van der Waals surface area contributed by atoms with Crippen LogP contribution in [0.4, 0.5) is 5.69 Å². The Bertz CT molecular complexity index is 589. The second-order valence-corrected chi connectivity index (χ2v) is 5.70. The van der Waals surface area contributed by atoms with E-state index < -0.39 is 0 Å². The van der Waals surface area contributed by atoms with Gasteiger partial charge in [-0.2, -0.15) is 0 Å². The minimum atomic E-state index is -0.0361. The number of benzene rings is 1. The highest BCUT2D eigenvalue weighted by Gasteiger charge is 2.39. The van der Waals surface area contributed by atoms with Crippen LogP contribution in [0.3, 0.4) is 0 Å². The van der Waals surface area contributed by atoms with E-state index in [-0.39, 0.29) is 24.8 Å². The second-order valence-electron chi connectivity index (χ2n) is 5.70. The van der Waals surface area contributed by atoms with Crippen LogP contribution in [-0.2, 0) is 4.74 Å². The summed E-state index contributed by atoms with van der Waals surface area (Å²) < 4.78 is 16.4. The van der Waals surface area contributed by atoms with E-state index in [1.807, 2.05) is 4.90 Å². The number of anilines is 1. The highest BCUT2D eigenvalue weighted by Crippen LogP contribution is 2.37. The maximum absolute atomic E-state index is 12.9. The molecule has 1 saturated heterocycles. The smallest absolute Gasteiger partial charge is 0.256 e. The lowest BCUT2D eigenvalue weighted by Gasteiger charge is -2.37. The summed E-state index contributed by atoms with van der Waals surface area (Å²) >= 11 is 0. The van der Waals surface area contributed by atoms with Gasteiger partial charge in [0.05, 0.1) is 24.3 Å². The van der Waals surface area contributed by atoms with Gasteiger partial charge in [0.1, 0.15) is 0 Å². The van der Waals surface area contributed by atoms with E-state index in [4.69, 9.17) is 19.9 Å². The quantitative estimate of drug-likeness (QED) is 0.791. The van der Waals surface area contributed by atoms with Crippen molar-refractivity contribution in [1.29, 1.82) is 0 Å². The third-order valence-electron chi connectivity index (χ3n) is 4.52. The number of nitrogen functional groups attached to an aromatic ring is 1. The van der Waals surface area contributed by atoms with E-state index in [2.05, 4.69) is 0 Å². The van der Waals surface area contributed by atoms with Gasteiger partial charge in [0, 0.05) is 18.3 Å². The minimum absolute atomic E-state index is 0.0361. The van der Waals surface area contributed by atoms with Crippen LogP contribution in [0.1, 0.15) is 29.6 Å². The van der Waals surface area contributed by atoms with Crippen LogP contribution in [0.2, 0.25) is 0 Å². The molecule has 6 heteroatoms. The largest absolute Gasteiger partial charge is 0.454 e. The van der Waals surface area contributed by atoms with Crippen molar-refractivity contribution in [3.8, 4) is 11.5 Å². The zero-order chi connectivity index (χ0) is 14.4. The van der Waals surface area contributed by atoms with Gasteiger partial charge in [0.2, 0.25) is 6.79 Å². The summed E-state index contributed by atoms with van der Waals surface area (Å²) in [6.07, 6.45) is 3.32. The van der Waals surface area contributed by atoms with Gasteiger partial charge in [-0.15, -0.1) is 0 Å². The minimum Gasteiger partial charge on any atom is -0.454 e. The lowest BCUT2D eigenvalue weighted by atomic mass is 10.1. The molecule has 2 heterocycles. The molecule has 1 saturated carbocycles. The first kappa shape index (κ1) is 12.8. The maximum atomic E-state index is 12.9. The zero-order valence-electron chi connectivity index (χ0n) is 11.7. The third kappa shape index (κ3) is 2.01. The topological polar surface area (TPSA) is 74.0 Å². The number of ether oxygens (including phenoxy) is 3. The number of carbonyl (C=O) groups is 1. The summed E-state index contributed by atoms with van der Waals surface area (Å²) in [5.74, 6) is 1.15. The number of rotatable bonds is 1. The van der Waals surface area contributed by atoms with Crippen molar-refractivity contribution in [2.24, 2.45) is 0 Å². The number of hydrogen-bond acceptors (Lipinski definition) is 5. The molecule has 0 bridgehead atoms. The van der Waals surface area contributed by atoms with E-state index in [1.165, 1.54) is 0 Å². The number of amides is 1. The standard InChI is InChI=1S/C15H18N2O4/c16-10-7-14-13(20-8-21-14)6-9(10)15(18)17-4-5-19-12-3-1-2-11(12)17/h6-7,11-12H,1-5,8,16H2. The van der Waals surface area contributed by atoms with Crippen molar-refractivity contribution in [2.75, 3.05) is 25.7 Å². The maximum Gasteiger partial charge on any atom is 0.256 e. The van der Waals surface area contributed by atoms with Crippen LogP contribution in [0.25, 0.3) is 0 Å². The molecule has 6 nitrogen and oxygen atoms in total. The van der Waals surface area contributed by atoms with Crippen LogP contribution in [-0.4, -0.2) is 42.9 Å². The molecule has 1 aromatic rings. The summed E-state index contributed by atoms with van der Waals surface area (Å²) in [4.78, 5) is 14.8. The van der Waals surface area contributed by atoms with Crippen molar-refractivity contribution in [3.63, 3.8) is 0 Å². The van der Waals surface area contributed by atoms with Crippen molar-refractivity contribution < 1.29 is 19.0 Å². The summed E-state index contributed by atoms with van der Waals surface area (Å²) in [5, 5.41) is 0. The van der Waals surface area contributed by atoms with Crippen LogP contribution >= 0.6 is 0 Å². The van der Waals surface area contributed by atoms with E-state index in [0.29, 0.717) is 35.9 Å². The monoisotopic (exact) mass is 290 g/mol. The van der Waals surface area contributed by atoms with Gasteiger partial charge in [0.25, 0.3) is 5.91 Å². The normalized spacial score (nSPS) is 26.8. The molecular formula is C15H18N2O4. The van der Waals surface area contributed by atoms with Gasteiger partial charge in [-0.25, -0.2) is 0 Å². The molecule has 1 aromatic carbocycles. The molecular weight excluding hydrogens is 272 g/mol. The van der Waals surface area contributed by atoms with E-state index in [1.54, 1.807) is 12.1 Å². The first-order valence-electron chi connectivity index (χ1n) is 7.36. The number of carbonyl (C=O) groups excluding carboxylic acids is 1. The average Bonchev–Trinajstić information content (AvgIpc) is 3.13. The molecule has 112 valence electrons. The lowest BCUT2D eigenvalue weighted by molar-refractivity contribution is -0.0445. The fraction of sp³-hybridized carbons (Fsp3) is 0.533. The Kier molecular flexibility index (Phi) is 2.92. The summed E-state index contributed by atoms with van der Waals surface area (Å²) in [5.41, 5.74) is 6.95. The fourth-order valence-corrected chi connectivity index (χ4v) is 3.48. The summed E-state index contributed by atoms with van der Waals surface area (Å²) in [6, 6.07) is 3.54. The average molecular weight is 290 g/mol. The van der Waals surface area contributed by atoms with Crippen LogP contribution in [0.5, 0.6) is 11.5 Å². The predicted molar refractivity (Wildman–Crippen MR) is 75.4 cm³/mol. The molecule has 1 aliphatic carbocycles. The third-order valence-corrected chi connectivity index (χ3v) is 4.52. The number of hydrogen-bond donors (Lipinski definition) is 1. The molecule has 1 amide bonds. The van der Waals surface area contributed by atoms with Crippen LogP contribution in [0.15, 0.2) is 12.1 Å². The number of nitrogens with zero attached hydrogens (tertiary/aromatic N) is 1.